The molecular weight excluding hydrogens is 516 g/mol. The number of aliphatic hydroxyl groups is 1. The average Bonchev–Trinajstić information content (AvgIpc) is 3.43. The summed E-state index contributed by atoms with van der Waals surface area (Å²) in [6.45, 7) is 7.92. The molecule has 2 bridgehead atoms. The molecule has 3 saturated heterocycles. The number of alkyl halides is 1. The fourth-order valence-electron chi connectivity index (χ4n) is 6.17. The average molecular weight is 549 g/mol. The van der Waals surface area contributed by atoms with Gasteiger partial charge in [-0.05, 0) is 17.9 Å². The molecule has 9 heteroatoms. The Hall–Kier alpha value is -2.23. The largest absolute Gasteiger partial charge is 0.481 e. The zero-order valence-corrected chi connectivity index (χ0v) is 21.6. The minimum atomic E-state index is -1.27. The van der Waals surface area contributed by atoms with E-state index in [1.807, 2.05) is 44.2 Å². The van der Waals surface area contributed by atoms with Gasteiger partial charge in [0.1, 0.15) is 11.6 Å². The number of carboxylic acid groups (broad SMARTS) is 1. The predicted octanol–water partition coefficient (Wildman–Crippen LogP) is 2.44. The van der Waals surface area contributed by atoms with E-state index < -0.39 is 47.5 Å². The molecule has 0 aromatic heterocycles. The molecule has 3 aliphatic rings. The Morgan fingerprint density at radius 2 is 2.06 bits per heavy atom. The third-order valence-corrected chi connectivity index (χ3v) is 8.81. The summed E-state index contributed by atoms with van der Waals surface area (Å²) in [5, 5.41) is 20.4. The second kappa shape index (κ2) is 10.0. The van der Waals surface area contributed by atoms with Gasteiger partial charge in [-0.3, -0.25) is 14.4 Å². The van der Waals surface area contributed by atoms with Crippen LogP contribution >= 0.6 is 15.9 Å². The fraction of sp³-hybridized carbons (Fsp3) is 0.577. The number of carbonyl (C=O) groups excluding carboxylic acids is 2. The van der Waals surface area contributed by atoms with Gasteiger partial charge in [0, 0.05) is 17.9 Å². The SMILES string of the molecule is C=CCN(Cc1ccccc1)C(=O)[C@H]1N([C@@H](CO)[C@@H](C)CC)C(=O)[C@@H]2[C@@H](C(=O)O)[C@@H]3O[C@@]21CC3Br. The maximum Gasteiger partial charge on any atom is 0.310 e. The summed E-state index contributed by atoms with van der Waals surface area (Å²) in [5.41, 5.74) is -0.348. The van der Waals surface area contributed by atoms with E-state index in [2.05, 4.69) is 22.5 Å². The highest BCUT2D eigenvalue weighted by Gasteiger charge is 2.77. The van der Waals surface area contributed by atoms with Crippen molar-refractivity contribution in [1.82, 2.24) is 9.80 Å². The first-order valence-electron chi connectivity index (χ1n) is 12.1. The molecule has 3 heterocycles. The number of nitrogens with zero attached hydrogens (tertiary/aromatic N) is 2. The predicted molar refractivity (Wildman–Crippen MR) is 133 cm³/mol. The number of benzene rings is 1. The summed E-state index contributed by atoms with van der Waals surface area (Å²) in [6.07, 6.45) is 1.96. The fourth-order valence-corrected chi connectivity index (χ4v) is 7.11. The number of ether oxygens (including phenoxy) is 1. The number of carbonyl (C=O) groups is 3. The van der Waals surface area contributed by atoms with Crippen molar-refractivity contribution in [2.75, 3.05) is 13.2 Å². The van der Waals surface area contributed by atoms with Gasteiger partial charge in [0.15, 0.2) is 0 Å². The van der Waals surface area contributed by atoms with Crippen LogP contribution in [0.25, 0.3) is 0 Å². The lowest BCUT2D eigenvalue weighted by Gasteiger charge is -2.41. The highest BCUT2D eigenvalue weighted by molar-refractivity contribution is 9.09. The van der Waals surface area contributed by atoms with Gasteiger partial charge in [-0.1, -0.05) is 72.6 Å². The monoisotopic (exact) mass is 548 g/mol. The van der Waals surface area contributed by atoms with Gasteiger partial charge in [-0.2, -0.15) is 0 Å². The first-order valence-corrected chi connectivity index (χ1v) is 13.0. The van der Waals surface area contributed by atoms with Gasteiger partial charge in [0.25, 0.3) is 0 Å². The van der Waals surface area contributed by atoms with Crippen molar-refractivity contribution in [3.63, 3.8) is 0 Å². The van der Waals surface area contributed by atoms with Crippen molar-refractivity contribution in [3.8, 4) is 0 Å². The van der Waals surface area contributed by atoms with E-state index in [0.717, 1.165) is 5.56 Å². The van der Waals surface area contributed by atoms with Gasteiger partial charge in [-0.15, -0.1) is 6.58 Å². The molecular formula is C26H33BrN2O6. The quantitative estimate of drug-likeness (QED) is 0.343. The van der Waals surface area contributed by atoms with E-state index in [0.29, 0.717) is 19.4 Å². The van der Waals surface area contributed by atoms with Gasteiger partial charge in [-0.25, -0.2) is 0 Å². The first-order chi connectivity index (χ1) is 16.7. The number of likely N-dealkylation sites (tertiary alicyclic amines) is 1. The van der Waals surface area contributed by atoms with Gasteiger partial charge < -0.3 is 24.7 Å². The minimum Gasteiger partial charge on any atom is -0.481 e. The highest BCUT2D eigenvalue weighted by atomic mass is 79.9. The Morgan fingerprint density at radius 3 is 2.63 bits per heavy atom. The first kappa shape index (κ1) is 25.9. The molecule has 0 saturated carbocycles. The Morgan fingerprint density at radius 1 is 1.37 bits per heavy atom. The van der Waals surface area contributed by atoms with Crippen LogP contribution in [-0.4, -0.2) is 79.6 Å². The Balaban J connectivity index is 1.81. The molecule has 4 rings (SSSR count). The topological polar surface area (TPSA) is 107 Å². The molecule has 2 amide bonds. The van der Waals surface area contributed by atoms with Crippen LogP contribution in [0.3, 0.4) is 0 Å². The molecule has 1 aromatic rings. The number of hydrogen-bond acceptors (Lipinski definition) is 5. The van der Waals surface area contributed by atoms with Crippen LogP contribution in [-0.2, 0) is 25.7 Å². The van der Waals surface area contributed by atoms with E-state index in [1.54, 1.807) is 11.0 Å². The highest BCUT2D eigenvalue weighted by Crippen LogP contribution is 2.60. The van der Waals surface area contributed by atoms with Crippen molar-refractivity contribution in [1.29, 1.82) is 0 Å². The maximum absolute atomic E-state index is 14.3. The number of carboxylic acids is 1. The van der Waals surface area contributed by atoms with Crippen molar-refractivity contribution < 1.29 is 29.3 Å². The smallest absolute Gasteiger partial charge is 0.310 e. The van der Waals surface area contributed by atoms with Crippen LogP contribution in [0, 0.1) is 17.8 Å². The minimum absolute atomic E-state index is 0.100. The summed E-state index contributed by atoms with van der Waals surface area (Å²) in [6, 6.07) is 7.86. The third kappa shape index (κ3) is 4.11. The van der Waals surface area contributed by atoms with Crippen molar-refractivity contribution in [2.45, 2.75) is 61.8 Å². The van der Waals surface area contributed by atoms with Crippen molar-refractivity contribution >= 4 is 33.7 Å². The van der Waals surface area contributed by atoms with Gasteiger partial charge in [0.05, 0.1) is 30.6 Å². The lowest BCUT2D eigenvalue weighted by Crippen LogP contribution is -2.59. The van der Waals surface area contributed by atoms with Crippen LogP contribution in [0.4, 0.5) is 0 Å². The molecule has 3 fully saturated rings. The third-order valence-electron chi connectivity index (χ3n) is 7.97. The van der Waals surface area contributed by atoms with E-state index in [4.69, 9.17) is 4.74 Å². The molecule has 0 aliphatic carbocycles. The number of fused-ring (bicyclic) bond motifs is 1. The van der Waals surface area contributed by atoms with E-state index in [-0.39, 0.29) is 29.8 Å². The lowest BCUT2D eigenvalue weighted by molar-refractivity contribution is -0.154. The van der Waals surface area contributed by atoms with Crippen LogP contribution in [0.15, 0.2) is 43.0 Å². The van der Waals surface area contributed by atoms with Crippen molar-refractivity contribution in [3.05, 3.63) is 48.6 Å². The zero-order chi connectivity index (χ0) is 25.5. The maximum atomic E-state index is 14.3. The number of halogens is 1. The number of hydrogen-bond donors (Lipinski definition) is 2. The molecule has 8 atom stereocenters. The van der Waals surface area contributed by atoms with Crippen LogP contribution in [0.1, 0.15) is 32.3 Å². The standard InChI is InChI=1S/C26H33BrN2O6/c1-4-11-28(13-16-9-7-6-8-10-16)24(32)22-26-12-17(27)21(35-26)19(25(33)34)20(26)23(31)29(22)18(14-30)15(3)5-2/h4,6-10,15,17-22,30H,1,5,11-14H2,2-3H3,(H,33,34)/t15-,17?,18-,19+,20-,21+,22+,26-/m0/s1. The molecule has 1 spiro atoms. The molecule has 1 aromatic carbocycles. The zero-order valence-electron chi connectivity index (χ0n) is 20.0. The Bertz CT molecular complexity index is 989. The van der Waals surface area contributed by atoms with Gasteiger partial charge >= 0.3 is 5.97 Å². The van der Waals surface area contributed by atoms with Crippen LogP contribution in [0.5, 0.6) is 0 Å². The Labute approximate surface area is 214 Å². The van der Waals surface area contributed by atoms with E-state index in [1.165, 1.54) is 4.90 Å². The van der Waals surface area contributed by atoms with E-state index in [9.17, 15) is 24.6 Å². The van der Waals surface area contributed by atoms with Crippen LogP contribution in [0.2, 0.25) is 0 Å². The summed E-state index contributed by atoms with van der Waals surface area (Å²) in [7, 11) is 0. The number of amides is 2. The number of rotatable bonds is 10. The summed E-state index contributed by atoms with van der Waals surface area (Å²) in [4.78, 5) is 43.3. The Kier molecular flexibility index (Phi) is 7.41. The van der Waals surface area contributed by atoms with Crippen molar-refractivity contribution in [2.24, 2.45) is 17.8 Å². The molecule has 3 aliphatic heterocycles. The lowest BCUT2D eigenvalue weighted by atomic mass is 9.70. The molecule has 35 heavy (non-hydrogen) atoms. The molecule has 190 valence electrons. The number of aliphatic carboxylic acids is 1. The summed E-state index contributed by atoms with van der Waals surface area (Å²) < 4.78 is 6.35. The summed E-state index contributed by atoms with van der Waals surface area (Å²) >= 11 is 3.56. The molecule has 8 nitrogen and oxygen atoms in total. The van der Waals surface area contributed by atoms with E-state index >= 15 is 0 Å². The molecule has 0 radical (unpaired) electrons. The van der Waals surface area contributed by atoms with Gasteiger partial charge in [0.2, 0.25) is 11.8 Å². The molecule has 1 unspecified atom stereocenters. The normalized spacial score (nSPS) is 32.9. The second-order valence-electron chi connectivity index (χ2n) is 9.88. The van der Waals surface area contributed by atoms with Crippen LogP contribution < -0.4 is 0 Å². The number of aliphatic hydroxyl groups excluding tert-OH is 1. The molecule has 2 N–H and O–H groups in total. The second-order valence-corrected chi connectivity index (χ2v) is 11.1. The summed E-state index contributed by atoms with van der Waals surface area (Å²) in [5.74, 6) is -3.99.